The van der Waals surface area contributed by atoms with Gasteiger partial charge in [0.15, 0.2) is 0 Å². The summed E-state index contributed by atoms with van der Waals surface area (Å²) in [4.78, 5) is 0. The molecule has 0 radical (unpaired) electrons. The van der Waals surface area contributed by atoms with Crippen molar-refractivity contribution in [2.45, 2.75) is 46.1 Å². The van der Waals surface area contributed by atoms with Crippen LogP contribution in [0.1, 0.15) is 40.0 Å². The van der Waals surface area contributed by atoms with Gasteiger partial charge in [-0.3, -0.25) is 4.67 Å². The minimum Gasteiger partial charge on any atom is -0.275 e. The molecule has 1 fully saturated rings. The molecule has 0 spiro atoms. The van der Waals surface area contributed by atoms with Crippen LogP contribution in [0.3, 0.4) is 0 Å². The standard InChI is InChI=1S/C47H51N2P3/c1-46(2)35-39(48(4)50(40-23-11-5-12-24-40)41-25-13-6-14-26-41)36-47(3,37-46)38-49(51(42-27-15-7-16-28-42)43-29-17-8-18-30-43)52(44-31-19-9-20-32-44)45-33-21-10-22-34-45/h5-34,39H,35-38H2,1-4H3. The van der Waals surface area contributed by atoms with Crippen LogP contribution in [-0.4, -0.2) is 28.7 Å². The van der Waals surface area contributed by atoms with Gasteiger partial charge in [0, 0.05) is 36.8 Å². The highest BCUT2D eigenvalue weighted by Crippen LogP contribution is 2.59. The quantitative estimate of drug-likeness (QED) is 0.116. The van der Waals surface area contributed by atoms with Gasteiger partial charge in [0.05, 0.1) is 0 Å². The molecule has 0 saturated heterocycles. The lowest BCUT2D eigenvalue weighted by Gasteiger charge is -2.53. The molecule has 0 heterocycles. The Hall–Kier alpha value is -3.47. The van der Waals surface area contributed by atoms with Crippen molar-refractivity contribution in [1.29, 1.82) is 0 Å². The van der Waals surface area contributed by atoms with Gasteiger partial charge in [0.25, 0.3) is 0 Å². The van der Waals surface area contributed by atoms with Gasteiger partial charge in [-0.2, -0.15) is 0 Å². The van der Waals surface area contributed by atoms with Gasteiger partial charge >= 0.3 is 0 Å². The van der Waals surface area contributed by atoms with Gasteiger partial charge < -0.3 is 0 Å². The van der Waals surface area contributed by atoms with Gasteiger partial charge in [-0.25, -0.2) is 4.44 Å². The monoisotopic (exact) mass is 736 g/mol. The molecule has 0 aromatic heterocycles. The molecule has 1 aliphatic rings. The topological polar surface area (TPSA) is 6.48 Å². The lowest BCUT2D eigenvalue weighted by atomic mass is 9.62. The molecule has 52 heavy (non-hydrogen) atoms. The van der Waals surface area contributed by atoms with Crippen molar-refractivity contribution in [2.75, 3.05) is 13.6 Å². The van der Waals surface area contributed by atoms with Crippen LogP contribution in [0.5, 0.6) is 0 Å². The Bertz CT molecular complexity index is 1760. The van der Waals surface area contributed by atoms with Crippen LogP contribution in [0.15, 0.2) is 182 Å². The normalized spacial score (nSPS) is 18.8. The van der Waals surface area contributed by atoms with Gasteiger partial charge in [-0.15, -0.1) is 0 Å². The van der Waals surface area contributed by atoms with Crippen LogP contribution in [-0.2, 0) is 0 Å². The van der Waals surface area contributed by atoms with E-state index in [0.29, 0.717) is 6.04 Å². The highest BCUT2D eigenvalue weighted by atomic mass is 31.2. The third-order valence-corrected chi connectivity index (χ3v) is 18.2. The molecule has 1 aliphatic carbocycles. The summed E-state index contributed by atoms with van der Waals surface area (Å²) >= 11 is 0. The van der Waals surface area contributed by atoms with E-state index in [1.165, 1.54) is 44.7 Å². The lowest BCUT2D eigenvalue weighted by molar-refractivity contribution is 0.0480. The van der Waals surface area contributed by atoms with Gasteiger partial charge in [-0.05, 0) is 69.0 Å². The van der Waals surface area contributed by atoms with E-state index in [1.54, 1.807) is 0 Å². The molecule has 6 aromatic carbocycles. The Balaban J connectivity index is 1.35. The summed E-state index contributed by atoms with van der Waals surface area (Å²) in [6.07, 6.45) is 3.53. The molecule has 7 rings (SSSR count). The number of hydrogen-bond donors (Lipinski definition) is 0. The van der Waals surface area contributed by atoms with E-state index in [9.17, 15) is 0 Å². The minimum absolute atomic E-state index is 0.0728. The van der Waals surface area contributed by atoms with E-state index >= 15 is 0 Å². The fraction of sp³-hybridized carbons (Fsp3) is 0.234. The second-order valence-electron chi connectivity index (χ2n) is 15.3. The van der Waals surface area contributed by atoms with E-state index in [1.807, 2.05) is 0 Å². The van der Waals surface area contributed by atoms with Crippen molar-refractivity contribution in [3.8, 4) is 0 Å². The van der Waals surface area contributed by atoms with E-state index in [-0.39, 0.29) is 10.8 Å². The Labute approximate surface area is 316 Å². The number of nitrogens with zero attached hydrogens (tertiary/aromatic N) is 2. The van der Waals surface area contributed by atoms with Crippen molar-refractivity contribution in [3.05, 3.63) is 182 Å². The molecule has 0 aliphatic heterocycles. The Morgan fingerprint density at radius 3 is 1.04 bits per heavy atom. The zero-order chi connectivity index (χ0) is 36.0. The minimum atomic E-state index is -0.850. The molecule has 2 nitrogen and oxygen atoms in total. The molecule has 2 unspecified atom stereocenters. The van der Waals surface area contributed by atoms with E-state index < -0.39 is 24.2 Å². The lowest BCUT2D eigenvalue weighted by Crippen LogP contribution is -2.49. The second-order valence-corrected chi connectivity index (χ2v) is 22.1. The number of benzene rings is 6. The molecule has 1 saturated carbocycles. The van der Waals surface area contributed by atoms with Crippen molar-refractivity contribution in [3.63, 3.8) is 0 Å². The maximum Gasteiger partial charge on any atom is 0.0323 e. The first kappa shape index (κ1) is 36.9. The Morgan fingerprint density at radius 2 is 0.731 bits per heavy atom. The first-order valence-corrected chi connectivity index (χ1v) is 22.4. The Kier molecular flexibility index (Phi) is 11.8. The summed E-state index contributed by atoms with van der Waals surface area (Å²) in [5, 5.41) is 8.48. The van der Waals surface area contributed by atoms with E-state index in [4.69, 9.17) is 0 Å². The number of rotatable bonds is 12. The van der Waals surface area contributed by atoms with Gasteiger partial charge in [0.2, 0.25) is 0 Å². The largest absolute Gasteiger partial charge is 0.275 e. The molecule has 2 atom stereocenters. The molecule has 0 amide bonds. The van der Waals surface area contributed by atoms with Crippen LogP contribution in [0.4, 0.5) is 0 Å². The third kappa shape index (κ3) is 8.66. The van der Waals surface area contributed by atoms with Crippen molar-refractivity contribution in [1.82, 2.24) is 9.11 Å². The van der Waals surface area contributed by atoms with Crippen LogP contribution >= 0.6 is 24.2 Å². The summed E-state index contributed by atoms with van der Waals surface area (Å²) in [7, 11) is 0.0341. The summed E-state index contributed by atoms with van der Waals surface area (Å²) in [6.45, 7) is 8.68. The molecule has 5 heteroatoms. The maximum absolute atomic E-state index is 2.98. The van der Waals surface area contributed by atoms with Crippen molar-refractivity contribution < 1.29 is 0 Å². The second kappa shape index (κ2) is 16.7. The van der Waals surface area contributed by atoms with Gasteiger partial charge in [-0.1, -0.05) is 203 Å². The fourth-order valence-electron chi connectivity index (χ4n) is 8.46. The zero-order valence-corrected chi connectivity index (χ0v) is 33.6. The predicted octanol–water partition coefficient (Wildman–Crippen LogP) is 9.95. The first-order valence-electron chi connectivity index (χ1n) is 18.5. The van der Waals surface area contributed by atoms with Crippen LogP contribution in [0.2, 0.25) is 0 Å². The highest BCUT2D eigenvalue weighted by molar-refractivity contribution is 7.84. The smallest absolute Gasteiger partial charge is 0.0323 e. The molecule has 264 valence electrons. The number of hydrogen-bond acceptors (Lipinski definition) is 2. The van der Waals surface area contributed by atoms with Gasteiger partial charge in [0.1, 0.15) is 0 Å². The van der Waals surface area contributed by atoms with Crippen molar-refractivity contribution in [2.24, 2.45) is 10.8 Å². The average molecular weight is 737 g/mol. The maximum atomic E-state index is 2.98. The Morgan fingerprint density at radius 1 is 0.442 bits per heavy atom. The zero-order valence-electron chi connectivity index (χ0n) is 31.0. The van der Waals surface area contributed by atoms with Crippen molar-refractivity contribution >= 4 is 56.0 Å². The first-order chi connectivity index (χ1) is 25.3. The van der Waals surface area contributed by atoms with E-state index in [0.717, 1.165) is 13.0 Å². The van der Waals surface area contributed by atoms with Crippen LogP contribution in [0.25, 0.3) is 0 Å². The molecular weight excluding hydrogens is 685 g/mol. The fourth-order valence-corrected chi connectivity index (χ4v) is 17.3. The molecule has 0 N–H and O–H groups in total. The van der Waals surface area contributed by atoms with Crippen LogP contribution < -0.4 is 31.8 Å². The SMILES string of the molecule is CN(C1CC(C)(C)CC(C)(CN(P(c2ccccc2)c2ccccc2)P(c2ccccc2)c2ccccc2)C1)P(c1ccccc1)c1ccccc1. The molecule has 0 bridgehead atoms. The van der Waals surface area contributed by atoms with E-state index in [2.05, 4.69) is 219 Å². The molecule has 6 aromatic rings. The summed E-state index contributed by atoms with van der Waals surface area (Å²) < 4.78 is 5.76. The predicted molar refractivity (Wildman–Crippen MR) is 231 cm³/mol. The summed E-state index contributed by atoms with van der Waals surface area (Å²) in [6, 6.07) is 68.3. The highest BCUT2D eigenvalue weighted by Gasteiger charge is 2.47. The van der Waals surface area contributed by atoms with Crippen LogP contribution in [0, 0.1) is 10.8 Å². The molecular formula is C47H51N2P3. The third-order valence-electron chi connectivity index (χ3n) is 10.3. The summed E-state index contributed by atoms with van der Waals surface area (Å²) in [5.41, 5.74) is 0.264. The average Bonchev–Trinajstić information content (AvgIpc) is 3.17. The summed E-state index contributed by atoms with van der Waals surface area (Å²) in [5.74, 6) is 0.